The van der Waals surface area contributed by atoms with Crippen LogP contribution in [0.3, 0.4) is 0 Å². The Bertz CT molecular complexity index is 327. The van der Waals surface area contributed by atoms with Gasteiger partial charge in [0.1, 0.15) is 5.75 Å². The number of rotatable bonds is 2. The standard InChI is InChI=1S/C8H7N3O/c1-9-11-10-6-7-4-2-3-5-8(7)12/h2-6,11-12H. The zero-order valence-corrected chi connectivity index (χ0v) is 6.23. The summed E-state index contributed by atoms with van der Waals surface area (Å²) in [5.74, 6) is 0.146. The summed E-state index contributed by atoms with van der Waals surface area (Å²) in [6, 6.07) is 6.75. The molecule has 0 saturated heterocycles. The molecule has 0 bridgehead atoms. The number of hydrogen-bond acceptors (Lipinski definition) is 3. The average molecular weight is 161 g/mol. The lowest BCUT2D eigenvalue weighted by atomic mass is 10.2. The summed E-state index contributed by atoms with van der Waals surface area (Å²) in [5.41, 5.74) is 2.65. The summed E-state index contributed by atoms with van der Waals surface area (Å²) in [4.78, 5) is 2.80. The smallest absolute Gasteiger partial charge is 0.177 e. The maximum absolute atomic E-state index is 9.21. The first kappa shape index (κ1) is 8.08. The lowest BCUT2D eigenvalue weighted by Crippen LogP contribution is -1.91. The van der Waals surface area contributed by atoms with Gasteiger partial charge in [-0.05, 0) is 17.7 Å². The van der Waals surface area contributed by atoms with Gasteiger partial charge in [-0.3, -0.25) is 0 Å². The van der Waals surface area contributed by atoms with E-state index in [-0.39, 0.29) is 5.75 Å². The fourth-order valence-electron chi connectivity index (χ4n) is 0.724. The van der Waals surface area contributed by atoms with Crippen molar-refractivity contribution in [3.63, 3.8) is 0 Å². The van der Waals surface area contributed by atoms with Gasteiger partial charge in [-0.25, -0.2) is 0 Å². The number of hydrazone groups is 1. The predicted molar refractivity (Wildman–Crippen MR) is 45.4 cm³/mol. The molecule has 1 rings (SSSR count). The molecule has 12 heavy (non-hydrogen) atoms. The van der Waals surface area contributed by atoms with Crippen molar-refractivity contribution in [1.82, 2.24) is 5.53 Å². The molecule has 2 N–H and O–H groups in total. The van der Waals surface area contributed by atoms with Gasteiger partial charge in [-0.2, -0.15) is 0 Å². The van der Waals surface area contributed by atoms with Gasteiger partial charge in [0.15, 0.2) is 6.21 Å². The molecule has 60 valence electrons. The van der Waals surface area contributed by atoms with Crippen molar-refractivity contribution in [2.45, 2.75) is 0 Å². The van der Waals surface area contributed by atoms with Crippen LogP contribution in [0, 0.1) is 6.57 Å². The van der Waals surface area contributed by atoms with Crippen molar-refractivity contribution in [3.8, 4) is 5.75 Å². The van der Waals surface area contributed by atoms with E-state index in [9.17, 15) is 5.11 Å². The van der Waals surface area contributed by atoms with E-state index in [4.69, 9.17) is 6.57 Å². The second-order valence-corrected chi connectivity index (χ2v) is 2.03. The second kappa shape index (κ2) is 3.98. The van der Waals surface area contributed by atoms with Crippen molar-refractivity contribution in [3.05, 3.63) is 41.4 Å². The van der Waals surface area contributed by atoms with E-state index >= 15 is 0 Å². The first-order chi connectivity index (χ1) is 5.84. The van der Waals surface area contributed by atoms with E-state index in [1.165, 1.54) is 6.21 Å². The van der Waals surface area contributed by atoms with Crippen LogP contribution >= 0.6 is 0 Å². The highest BCUT2D eigenvalue weighted by Crippen LogP contribution is 2.12. The van der Waals surface area contributed by atoms with Gasteiger partial charge >= 0.3 is 0 Å². The Morgan fingerprint density at radius 1 is 1.50 bits per heavy atom. The number of phenols is 1. The minimum absolute atomic E-state index is 0.146. The second-order valence-electron chi connectivity index (χ2n) is 2.03. The van der Waals surface area contributed by atoms with Crippen molar-refractivity contribution < 1.29 is 5.11 Å². The molecule has 0 saturated carbocycles. The molecule has 4 heteroatoms. The largest absolute Gasteiger partial charge is 0.507 e. The molecule has 0 atom stereocenters. The molecule has 1 aromatic carbocycles. The van der Waals surface area contributed by atoms with Crippen LogP contribution in [0.15, 0.2) is 29.4 Å². The Morgan fingerprint density at radius 3 is 2.92 bits per heavy atom. The summed E-state index contributed by atoms with van der Waals surface area (Å²) < 4.78 is 0. The van der Waals surface area contributed by atoms with Gasteiger partial charge in [-0.1, -0.05) is 12.1 Å². The van der Waals surface area contributed by atoms with Gasteiger partial charge in [-0.15, -0.1) is 0 Å². The van der Waals surface area contributed by atoms with Crippen LogP contribution in [0.2, 0.25) is 0 Å². The highest BCUT2D eigenvalue weighted by molar-refractivity contribution is 5.82. The highest BCUT2D eigenvalue weighted by atomic mass is 16.3. The molecule has 1 aromatic rings. The Balaban J connectivity index is 2.77. The summed E-state index contributed by atoms with van der Waals surface area (Å²) in [6.45, 7) is 6.36. The normalized spacial score (nSPS) is 9.58. The molecule has 0 spiro atoms. The molecule has 0 aliphatic carbocycles. The SMILES string of the molecule is [C-]#[N+]NN=Cc1ccccc1O. The quantitative estimate of drug-likeness (QED) is 0.388. The maximum Gasteiger partial charge on any atom is 0.177 e. The Morgan fingerprint density at radius 2 is 2.25 bits per heavy atom. The predicted octanol–water partition coefficient (Wildman–Crippen LogP) is 1.15. The van der Waals surface area contributed by atoms with Gasteiger partial charge in [0.05, 0.1) is 5.56 Å². The van der Waals surface area contributed by atoms with Crippen molar-refractivity contribution in [1.29, 1.82) is 0 Å². The molecular formula is C8H7N3O. The van der Waals surface area contributed by atoms with Crippen molar-refractivity contribution in [2.75, 3.05) is 0 Å². The number of para-hydroxylation sites is 1. The van der Waals surface area contributed by atoms with Crippen molar-refractivity contribution >= 4 is 6.21 Å². The van der Waals surface area contributed by atoms with E-state index in [0.29, 0.717) is 5.56 Å². The fourth-order valence-corrected chi connectivity index (χ4v) is 0.724. The van der Waals surface area contributed by atoms with E-state index in [2.05, 4.69) is 15.6 Å². The molecule has 0 heterocycles. The van der Waals surface area contributed by atoms with Crippen LogP contribution in [-0.4, -0.2) is 11.3 Å². The molecular weight excluding hydrogens is 154 g/mol. The van der Waals surface area contributed by atoms with Crippen LogP contribution in [0.25, 0.3) is 4.95 Å². The molecule has 0 unspecified atom stereocenters. The van der Waals surface area contributed by atoms with E-state index in [1.54, 1.807) is 24.3 Å². The number of nitrogens with one attached hydrogen (secondary N) is 1. The average Bonchev–Trinajstić information content (AvgIpc) is 2.09. The molecule has 4 nitrogen and oxygen atoms in total. The first-order valence-electron chi connectivity index (χ1n) is 3.27. The Hall–Kier alpha value is -2.02. The van der Waals surface area contributed by atoms with Crippen molar-refractivity contribution in [2.24, 2.45) is 5.10 Å². The summed E-state index contributed by atoms with van der Waals surface area (Å²) in [6.07, 6.45) is 1.38. The lowest BCUT2D eigenvalue weighted by molar-refractivity contribution is 0.474. The number of benzene rings is 1. The fraction of sp³-hybridized carbons (Fsp3) is 0. The molecule has 0 aliphatic heterocycles. The summed E-state index contributed by atoms with van der Waals surface area (Å²) >= 11 is 0. The number of phenolic OH excluding ortho intramolecular Hbond substituents is 1. The Labute approximate surface area is 69.9 Å². The van der Waals surface area contributed by atoms with Crippen LogP contribution in [0.1, 0.15) is 5.56 Å². The summed E-state index contributed by atoms with van der Waals surface area (Å²) in [7, 11) is 0. The van der Waals surface area contributed by atoms with E-state index in [1.807, 2.05) is 0 Å². The highest BCUT2D eigenvalue weighted by Gasteiger charge is 1.96. The number of nitrogens with zero attached hydrogens (tertiary/aromatic N) is 2. The number of hydrogen-bond donors (Lipinski definition) is 2. The third kappa shape index (κ3) is 1.99. The molecule has 0 amide bonds. The van der Waals surface area contributed by atoms with Crippen LogP contribution < -0.4 is 5.53 Å². The van der Waals surface area contributed by atoms with E-state index < -0.39 is 0 Å². The van der Waals surface area contributed by atoms with Crippen LogP contribution in [-0.2, 0) is 0 Å². The minimum Gasteiger partial charge on any atom is -0.507 e. The topological polar surface area (TPSA) is 49.0 Å². The van der Waals surface area contributed by atoms with Gasteiger partial charge in [0, 0.05) is 5.10 Å². The molecule has 0 radical (unpaired) electrons. The Kier molecular flexibility index (Phi) is 2.68. The minimum atomic E-state index is 0.146. The summed E-state index contributed by atoms with van der Waals surface area (Å²) in [5, 5.41) is 12.7. The zero-order valence-electron chi connectivity index (χ0n) is 6.23. The molecule has 0 fully saturated rings. The third-order valence-electron chi connectivity index (χ3n) is 1.25. The zero-order chi connectivity index (χ0) is 8.81. The maximum atomic E-state index is 9.21. The first-order valence-corrected chi connectivity index (χ1v) is 3.27. The van der Waals surface area contributed by atoms with E-state index in [0.717, 1.165) is 0 Å². The van der Waals surface area contributed by atoms with Gasteiger partial charge < -0.3 is 16.6 Å². The number of aromatic hydroxyl groups is 1. The molecule has 0 aromatic heterocycles. The lowest BCUT2D eigenvalue weighted by Gasteiger charge is -1.92. The van der Waals surface area contributed by atoms with Gasteiger partial charge in [0.2, 0.25) is 0 Å². The van der Waals surface area contributed by atoms with Gasteiger partial charge in [0.25, 0.3) is 0 Å². The monoisotopic (exact) mass is 161 g/mol. The van der Waals surface area contributed by atoms with Crippen LogP contribution in [0.4, 0.5) is 0 Å². The molecule has 0 aliphatic rings. The third-order valence-corrected chi connectivity index (χ3v) is 1.25. The van der Waals surface area contributed by atoms with Crippen LogP contribution in [0.5, 0.6) is 5.75 Å².